The molecule has 123 valence electrons. The predicted molar refractivity (Wildman–Crippen MR) is 99.2 cm³/mol. The van der Waals surface area contributed by atoms with Crippen LogP contribution in [0.5, 0.6) is 0 Å². The van der Waals surface area contributed by atoms with Crippen molar-refractivity contribution in [2.45, 2.75) is 0 Å². The molecule has 0 aliphatic heterocycles. The van der Waals surface area contributed by atoms with Crippen LogP contribution in [-0.4, -0.2) is 0 Å². The monoisotopic (exact) mass is 366 g/mol. The molecule has 0 saturated heterocycles. The van der Waals surface area contributed by atoms with Gasteiger partial charge in [-0.25, -0.2) is 30.7 Å². The molecule has 0 atom stereocenters. The SMILES string of the molecule is [CH]1C=C[CH-][C]1c1cccc(N=Nc2ccccc2)c1.[Fe+3].c1cc[cH-]c1. The molecule has 0 bridgehead atoms. The van der Waals surface area contributed by atoms with Crippen molar-refractivity contribution < 1.29 is 17.1 Å². The van der Waals surface area contributed by atoms with Gasteiger partial charge in [-0.3, -0.25) is 0 Å². The molecule has 0 unspecified atom stereocenters. The smallest absolute Gasteiger partial charge is 0.231 e. The van der Waals surface area contributed by atoms with Gasteiger partial charge in [0.2, 0.25) is 0 Å². The van der Waals surface area contributed by atoms with Crippen molar-refractivity contribution in [3.05, 3.63) is 121 Å². The molecular formula is C22H18FeN2+. The van der Waals surface area contributed by atoms with Gasteiger partial charge in [0.05, 0.1) is 11.4 Å². The third-order valence-electron chi connectivity index (χ3n) is 3.43. The number of allylic oxidation sites excluding steroid dienone is 2. The van der Waals surface area contributed by atoms with Gasteiger partial charge in [0.15, 0.2) is 0 Å². The summed E-state index contributed by atoms with van der Waals surface area (Å²) in [5.74, 6) is 1.21. The Bertz CT molecular complexity index is 752. The Morgan fingerprint density at radius 1 is 0.720 bits per heavy atom. The second-order valence-corrected chi connectivity index (χ2v) is 5.22. The van der Waals surface area contributed by atoms with Crippen LogP contribution in [0.2, 0.25) is 0 Å². The maximum Gasteiger partial charge on any atom is 3.00 e. The van der Waals surface area contributed by atoms with E-state index < -0.39 is 0 Å². The summed E-state index contributed by atoms with van der Waals surface area (Å²) >= 11 is 0. The minimum Gasteiger partial charge on any atom is -0.231 e. The fraction of sp³-hybridized carbons (Fsp3) is 0. The van der Waals surface area contributed by atoms with Crippen LogP contribution in [0, 0.1) is 18.8 Å². The van der Waals surface area contributed by atoms with E-state index in [2.05, 4.69) is 29.1 Å². The first-order valence-corrected chi connectivity index (χ1v) is 7.87. The van der Waals surface area contributed by atoms with Crippen LogP contribution in [0.25, 0.3) is 0 Å². The standard InChI is InChI=1S/C17H13N2.C5H5.Fe/c1-2-10-16(11-3-1)18-19-17-12-6-9-15(13-17)14-7-4-5-8-14;1-2-4-5-3-1;/h1-13H;1-5H;/q2*-1;+3. The number of hydrogen-bond acceptors (Lipinski definition) is 2. The molecule has 3 aromatic rings. The molecule has 0 saturated carbocycles. The summed E-state index contributed by atoms with van der Waals surface area (Å²) in [4.78, 5) is 0. The summed E-state index contributed by atoms with van der Waals surface area (Å²) in [6, 6.07) is 27.8. The minimum atomic E-state index is 0. The van der Waals surface area contributed by atoms with E-state index in [4.69, 9.17) is 0 Å². The van der Waals surface area contributed by atoms with Crippen molar-refractivity contribution in [1.29, 1.82) is 0 Å². The fourth-order valence-corrected chi connectivity index (χ4v) is 2.25. The van der Waals surface area contributed by atoms with Gasteiger partial charge in [-0.2, -0.15) is 28.4 Å². The summed E-state index contributed by atoms with van der Waals surface area (Å²) < 4.78 is 0. The molecule has 0 aromatic heterocycles. The van der Waals surface area contributed by atoms with Gasteiger partial charge in [0, 0.05) is 0 Å². The van der Waals surface area contributed by atoms with Gasteiger partial charge in [0.1, 0.15) is 0 Å². The van der Waals surface area contributed by atoms with Crippen LogP contribution in [0.3, 0.4) is 0 Å². The van der Waals surface area contributed by atoms with Crippen molar-refractivity contribution in [1.82, 2.24) is 0 Å². The number of rotatable bonds is 3. The van der Waals surface area contributed by atoms with E-state index in [0.29, 0.717) is 0 Å². The number of nitrogens with zero attached hydrogens (tertiary/aromatic N) is 2. The Kier molecular flexibility index (Phi) is 7.84. The molecule has 0 heterocycles. The molecule has 3 aromatic carbocycles. The van der Waals surface area contributed by atoms with Crippen LogP contribution in [0.4, 0.5) is 11.4 Å². The zero-order chi connectivity index (χ0) is 16.5. The maximum atomic E-state index is 4.27. The maximum absolute atomic E-state index is 4.27. The molecule has 4 rings (SSSR count). The third kappa shape index (κ3) is 6.15. The van der Waals surface area contributed by atoms with E-state index >= 15 is 0 Å². The van der Waals surface area contributed by atoms with Gasteiger partial charge < -0.3 is 0 Å². The summed E-state index contributed by atoms with van der Waals surface area (Å²) in [5.41, 5.74) is 2.89. The molecule has 0 N–H and O–H groups in total. The van der Waals surface area contributed by atoms with Crippen LogP contribution in [0.1, 0.15) is 5.56 Å². The van der Waals surface area contributed by atoms with E-state index in [1.807, 2.05) is 91.0 Å². The van der Waals surface area contributed by atoms with Gasteiger partial charge in [0.25, 0.3) is 0 Å². The second kappa shape index (κ2) is 10.4. The van der Waals surface area contributed by atoms with E-state index in [-0.39, 0.29) is 17.1 Å². The molecule has 25 heavy (non-hydrogen) atoms. The molecule has 0 spiro atoms. The first-order valence-electron chi connectivity index (χ1n) is 7.87. The van der Waals surface area contributed by atoms with Crippen molar-refractivity contribution in [2.24, 2.45) is 10.2 Å². The Balaban J connectivity index is 0.000000325. The zero-order valence-electron chi connectivity index (χ0n) is 13.6. The van der Waals surface area contributed by atoms with E-state index in [0.717, 1.165) is 16.9 Å². The van der Waals surface area contributed by atoms with Crippen LogP contribution >= 0.6 is 0 Å². The van der Waals surface area contributed by atoms with Crippen molar-refractivity contribution in [3.8, 4) is 0 Å². The van der Waals surface area contributed by atoms with Gasteiger partial charge in [-0.1, -0.05) is 41.8 Å². The Morgan fingerprint density at radius 3 is 2.08 bits per heavy atom. The largest absolute Gasteiger partial charge is 3.00 e. The molecule has 0 fully saturated rings. The number of benzene rings is 2. The first kappa shape index (κ1) is 18.9. The molecule has 3 heteroatoms. The molecule has 2 nitrogen and oxygen atoms in total. The molecular weight excluding hydrogens is 348 g/mol. The number of azo groups is 1. The average Bonchev–Trinajstić information content (AvgIpc) is 3.37. The van der Waals surface area contributed by atoms with Crippen LogP contribution in [-0.2, 0) is 17.1 Å². The molecule has 1 aliphatic carbocycles. The van der Waals surface area contributed by atoms with Gasteiger partial charge in [-0.05, 0) is 24.3 Å². The molecule has 0 amide bonds. The van der Waals surface area contributed by atoms with Gasteiger partial charge in [-0.15, -0.1) is 6.42 Å². The van der Waals surface area contributed by atoms with E-state index in [1.165, 1.54) is 5.92 Å². The summed E-state index contributed by atoms with van der Waals surface area (Å²) in [6.45, 7) is 0. The quantitative estimate of drug-likeness (QED) is 0.291. The van der Waals surface area contributed by atoms with Crippen LogP contribution < -0.4 is 0 Å². The minimum absolute atomic E-state index is 0. The number of hydrogen-bond donors (Lipinski definition) is 0. The fourth-order valence-electron chi connectivity index (χ4n) is 2.25. The Morgan fingerprint density at radius 2 is 1.44 bits per heavy atom. The molecule has 3 radical (unpaired) electrons. The normalized spacial score (nSPS) is 13.0. The van der Waals surface area contributed by atoms with Crippen LogP contribution in [0.15, 0.2) is 107 Å². The van der Waals surface area contributed by atoms with E-state index in [9.17, 15) is 0 Å². The predicted octanol–water partition coefficient (Wildman–Crippen LogP) is 6.41. The second-order valence-electron chi connectivity index (χ2n) is 5.22. The molecule has 1 aliphatic rings. The average molecular weight is 366 g/mol. The Hall–Kier alpha value is -2.48. The first-order chi connectivity index (χ1) is 11.9. The van der Waals surface area contributed by atoms with E-state index in [1.54, 1.807) is 0 Å². The topological polar surface area (TPSA) is 24.7 Å². The Labute approximate surface area is 160 Å². The van der Waals surface area contributed by atoms with Crippen molar-refractivity contribution in [2.75, 3.05) is 0 Å². The zero-order valence-corrected chi connectivity index (χ0v) is 14.7. The van der Waals surface area contributed by atoms with Crippen molar-refractivity contribution >= 4 is 11.4 Å². The van der Waals surface area contributed by atoms with Crippen molar-refractivity contribution in [3.63, 3.8) is 0 Å². The van der Waals surface area contributed by atoms with Gasteiger partial charge >= 0.3 is 17.1 Å². The summed E-state index contributed by atoms with van der Waals surface area (Å²) in [6.07, 6.45) is 8.25. The summed E-state index contributed by atoms with van der Waals surface area (Å²) in [5, 5.41) is 8.50. The third-order valence-corrected chi connectivity index (χ3v) is 3.43. The summed E-state index contributed by atoms with van der Waals surface area (Å²) in [7, 11) is 0.